The van der Waals surface area contributed by atoms with Crippen LogP contribution in [0, 0.1) is 35.4 Å². The number of aliphatic hydroxyl groups is 2. The van der Waals surface area contributed by atoms with Gasteiger partial charge in [0, 0.05) is 58.7 Å². The minimum Gasteiger partial charge on any atom is -0.456 e. The molecule has 3 aliphatic heterocycles. The first kappa shape index (κ1) is 53.6. The molecule has 1 saturated carbocycles. The second-order valence-corrected chi connectivity index (χ2v) is 19.7. The number of cyclic esters (lactones) is 1. The molecule has 66 heavy (non-hydrogen) atoms. The molecule has 13 nitrogen and oxygen atoms in total. The van der Waals surface area contributed by atoms with Gasteiger partial charge in [-0.15, -0.1) is 0 Å². The van der Waals surface area contributed by atoms with Gasteiger partial charge in [-0.2, -0.15) is 0 Å². The second kappa shape index (κ2) is 24.8. The van der Waals surface area contributed by atoms with Crippen molar-refractivity contribution in [2.75, 3.05) is 34.5 Å². The van der Waals surface area contributed by atoms with E-state index in [2.05, 4.69) is 13.0 Å². The van der Waals surface area contributed by atoms with E-state index in [-0.39, 0.29) is 61.5 Å². The van der Waals surface area contributed by atoms with Gasteiger partial charge >= 0.3 is 5.97 Å². The average molecular weight is 928 g/mol. The Kier molecular flexibility index (Phi) is 20.1. The van der Waals surface area contributed by atoms with Gasteiger partial charge in [0.25, 0.3) is 11.7 Å². The lowest BCUT2D eigenvalue weighted by Crippen LogP contribution is -2.64. The zero-order chi connectivity index (χ0) is 48.3. The van der Waals surface area contributed by atoms with Crippen LogP contribution in [0.3, 0.4) is 0 Å². The number of carbonyl (C=O) groups excluding carboxylic acids is 4. The first-order chi connectivity index (χ1) is 31.4. The SMILES string of the molecule is CCC1C=C(C)CC(C)CC(OC)C2OC(O)(C(=O)C(=O)N3CCCCC3C(=O)OC(C(C)=CC3CCC(OCCCc4ccc(F)cc4)C(OC)C3)C(C)C(O)CC1=O)C(C)CC2OC. The third-order valence-electron chi connectivity index (χ3n) is 14.7. The summed E-state index contributed by atoms with van der Waals surface area (Å²) in [5.74, 6) is -7.80. The second-order valence-electron chi connectivity index (χ2n) is 19.7. The van der Waals surface area contributed by atoms with Crippen molar-refractivity contribution in [2.45, 2.75) is 180 Å². The number of esters is 1. The fraction of sp³-hybridized carbons (Fsp3) is 0.731. The summed E-state index contributed by atoms with van der Waals surface area (Å²) >= 11 is 0. The Morgan fingerprint density at radius 3 is 2.26 bits per heavy atom. The van der Waals surface area contributed by atoms with Crippen molar-refractivity contribution < 1.29 is 62.2 Å². The van der Waals surface area contributed by atoms with E-state index in [1.165, 1.54) is 31.3 Å². The van der Waals surface area contributed by atoms with Gasteiger partial charge in [0.05, 0.1) is 30.5 Å². The molecule has 5 rings (SSSR count). The zero-order valence-electron chi connectivity index (χ0n) is 40.9. The van der Waals surface area contributed by atoms with Crippen LogP contribution in [0.4, 0.5) is 4.39 Å². The van der Waals surface area contributed by atoms with Crippen LogP contribution in [-0.4, -0.2) is 128 Å². The first-order valence-electron chi connectivity index (χ1n) is 24.4. The Morgan fingerprint density at radius 1 is 0.909 bits per heavy atom. The van der Waals surface area contributed by atoms with Gasteiger partial charge in [-0.25, -0.2) is 9.18 Å². The van der Waals surface area contributed by atoms with Crippen molar-refractivity contribution in [3.63, 3.8) is 0 Å². The molecule has 2 bridgehead atoms. The van der Waals surface area contributed by atoms with Crippen molar-refractivity contribution in [1.29, 1.82) is 0 Å². The maximum atomic E-state index is 14.5. The van der Waals surface area contributed by atoms with E-state index in [0.29, 0.717) is 50.7 Å². The molecular formula is C52H78FNO12. The van der Waals surface area contributed by atoms with Crippen molar-refractivity contribution >= 4 is 23.4 Å². The summed E-state index contributed by atoms with van der Waals surface area (Å²) in [6, 6.07) is 5.35. The standard InChI is InChI=1S/C52H78FNO12/c1-10-38-25-31(2)24-32(3)26-45(62-8)48-46(63-9)28-34(5)52(60,66-48)49(57)50(58)54-22-12-11-15-40(54)51(59)65-47(35(6)41(55)30-42(38)56)33(4)27-37-18-21-43(44(29-37)61-7)64-23-13-14-36-16-19-39(53)20-17-36/h16-17,19-20,25,27,32,34-35,37-38,40-41,43-48,55,60H,10-15,18,21-24,26,28-30H2,1-9H3. The fourth-order valence-electron chi connectivity index (χ4n) is 10.7. The Balaban J connectivity index is 1.42. The molecule has 14 heteroatoms. The summed E-state index contributed by atoms with van der Waals surface area (Å²) in [4.78, 5) is 58.4. The molecular weight excluding hydrogens is 850 g/mol. The number of amides is 1. The molecule has 370 valence electrons. The number of aliphatic hydroxyl groups excluding tert-OH is 1. The first-order valence-corrected chi connectivity index (χ1v) is 24.4. The van der Waals surface area contributed by atoms with Gasteiger partial charge in [-0.3, -0.25) is 14.4 Å². The van der Waals surface area contributed by atoms with Crippen molar-refractivity contribution in [3.05, 3.63) is 58.9 Å². The van der Waals surface area contributed by atoms with E-state index >= 15 is 0 Å². The van der Waals surface area contributed by atoms with Crippen LogP contribution in [0.1, 0.15) is 124 Å². The molecule has 1 aromatic rings. The molecule has 0 radical (unpaired) electrons. The molecule has 2 N–H and O–H groups in total. The quantitative estimate of drug-likeness (QED) is 0.0988. The van der Waals surface area contributed by atoms with Gasteiger partial charge in [0.15, 0.2) is 0 Å². The number of fused-ring (bicyclic) bond motifs is 3. The monoisotopic (exact) mass is 928 g/mol. The van der Waals surface area contributed by atoms with Crippen LogP contribution >= 0.6 is 0 Å². The van der Waals surface area contributed by atoms with Crippen LogP contribution in [-0.2, 0) is 54.0 Å². The lowest BCUT2D eigenvalue weighted by Gasteiger charge is -2.47. The topological polar surface area (TPSA) is 167 Å². The summed E-state index contributed by atoms with van der Waals surface area (Å²) in [6.45, 7) is 11.9. The molecule has 1 amide bonds. The van der Waals surface area contributed by atoms with Crippen LogP contribution < -0.4 is 0 Å². The maximum Gasteiger partial charge on any atom is 0.329 e. The summed E-state index contributed by atoms with van der Waals surface area (Å²) < 4.78 is 50.0. The molecule has 4 aliphatic rings. The number of allylic oxidation sites excluding steroid dienone is 3. The van der Waals surface area contributed by atoms with E-state index in [4.69, 9.17) is 28.4 Å². The Hall–Kier alpha value is -3.37. The van der Waals surface area contributed by atoms with Gasteiger partial charge < -0.3 is 43.5 Å². The molecule has 1 aliphatic carbocycles. The normalized spacial score (nSPS) is 36.2. The number of hydrogen-bond acceptors (Lipinski definition) is 12. The number of halogens is 1. The highest BCUT2D eigenvalue weighted by atomic mass is 19.1. The number of ether oxygens (including phenoxy) is 6. The Morgan fingerprint density at radius 2 is 1.59 bits per heavy atom. The molecule has 3 fully saturated rings. The van der Waals surface area contributed by atoms with Gasteiger partial charge in [0.2, 0.25) is 5.79 Å². The lowest BCUT2D eigenvalue weighted by atomic mass is 9.81. The third kappa shape index (κ3) is 13.4. The number of carbonyl (C=O) groups is 4. The highest BCUT2D eigenvalue weighted by molar-refractivity contribution is 6.39. The summed E-state index contributed by atoms with van der Waals surface area (Å²) in [7, 11) is 4.74. The third-order valence-corrected chi connectivity index (χ3v) is 14.7. The number of hydrogen-bond donors (Lipinski definition) is 2. The van der Waals surface area contributed by atoms with E-state index in [9.17, 15) is 33.8 Å². The van der Waals surface area contributed by atoms with E-state index in [1.54, 1.807) is 33.1 Å². The number of Topliss-reactive ketones (excluding diaryl/α,β-unsaturated/α-hetero) is 2. The van der Waals surface area contributed by atoms with Gasteiger partial charge in [-0.05, 0) is 126 Å². The number of rotatable bonds is 11. The predicted molar refractivity (Wildman–Crippen MR) is 247 cm³/mol. The molecule has 0 aromatic heterocycles. The fourth-order valence-corrected chi connectivity index (χ4v) is 10.7. The Bertz CT molecular complexity index is 1840. The highest BCUT2D eigenvalue weighted by Gasteiger charge is 2.56. The molecule has 0 spiro atoms. The number of nitrogens with zero attached hydrogens (tertiary/aromatic N) is 1. The minimum atomic E-state index is -2.51. The number of piperidine rings is 1. The van der Waals surface area contributed by atoms with Crippen molar-refractivity contribution in [2.24, 2.45) is 29.6 Å². The van der Waals surface area contributed by atoms with Crippen molar-refractivity contribution in [3.8, 4) is 0 Å². The van der Waals surface area contributed by atoms with Gasteiger partial charge in [0.1, 0.15) is 29.9 Å². The lowest BCUT2D eigenvalue weighted by molar-refractivity contribution is -0.302. The van der Waals surface area contributed by atoms with Crippen LogP contribution in [0.25, 0.3) is 0 Å². The zero-order valence-corrected chi connectivity index (χ0v) is 40.9. The molecule has 14 unspecified atom stereocenters. The maximum absolute atomic E-state index is 14.5. The summed E-state index contributed by atoms with van der Waals surface area (Å²) in [6.07, 6.45) is 6.21. The largest absolute Gasteiger partial charge is 0.456 e. The molecule has 3 heterocycles. The number of aryl methyl sites for hydroxylation is 1. The van der Waals surface area contributed by atoms with E-state index < -0.39 is 77.8 Å². The smallest absolute Gasteiger partial charge is 0.329 e. The van der Waals surface area contributed by atoms with E-state index in [0.717, 1.165) is 36.8 Å². The summed E-state index contributed by atoms with van der Waals surface area (Å²) in [5, 5.41) is 24.0. The molecule has 2 saturated heterocycles. The number of ketones is 2. The van der Waals surface area contributed by atoms with Gasteiger partial charge in [-0.1, -0.05) is 57.6 Å². The average Bonchev–Trinajstić information content (AvgIpc) is 3.30. The number of benzene rings is 1. The highest BCUT2D eigenvalue weighted by Crippen LogP contribution is 2.39. The summed E-state index contributed by atoms with van der Waals surface area (Å²) in [5.41, 5.74) is 2.72. The molecule has 14 atom stereocenters. The van der Waals surface area contributed by atoms with Crippen LogP contribution in [0.2, 0.25) is 0 Å². The van der Waals surface area contributed by atoms with Crippen LogP contribution in [0.15, 0.2) is 47.6 Å². The predicted octanol–water partition coefficient (Wildman–Crippen LogP) is 7.27. The number of methoxy groups -OCH3 is 3. The van der Waals surface area contributed by atoms with Crippen LogP contribution in [0.5, 0.6) is 0 Å². The molecule has 1 aromatic carbocycles. The van der Waals surface area contributed by atoms with E-state index in [1.807, 2.05) is 26.8 Å². The Labute approximate surface area is 392 Å². The van der Waals surface area contributed by atoms with Crippen molar-refractivity contribution in [1.82, 2.24) is 4.90 Å². The minimum absolute atomic E-state index is 0.0200.